The fraction of sp³-hybridized carbons (Fsp3) is 0.292. The van der Waals surface area contributed by atoms with Crippen molar-refractivity contribution in [2.45, 2.75) is 40.8 Å². The Morgan fingerprint density at radius 2 is 1.77 bits per heavy atom. The normalized spacial score (nSPS) is 11.5. The Morgan fingerprint density at radius 3 is 2.47 bits per heavy atom. The summed E-state index contributed by atoms with van der Waals surface area (Å²) in [4.78, 5) is 31.3. The van der Waals surface area contributed by atoms with Gasteiger partial charge in [0.15, 0.2) is 11.2 Å². The summed E-state index contributed by atoms with van der Waals surface area (Å²) < 4.78 is 4.76. The van der Waals surface area contributed by atoms with Crippen molar-refractivity contribution in [2.24, 2.45) is 5.92 Å². The predicted molar refractivity (Wildman–Crippen MR) is 119 cm³/mol. The van der Waals surface area contributed by atoms with Crippen molar-refractivity contribution in [3.63, 3.8) is 0 Å². The smallest absolute Gasteiger partial charge is 0.320 e. The minimum absolute atomic E-state index is 0.159. The van der Waals surface area contributed by atoms with E-state index in [2.05, 4.69) is 11.1 Å². The number of aryl methyl sites for hydroxylation is 2. The van der Waals surface area contributed by atoms with Crippen LogP contribution in [-0.2, 0) is 13.1 Å². The Morgan fingerprint density at radius 1 is 1.00 bits per heavy atom. The average Bonchev–Trinajstić information content (AvgIpc) is 3.10. The monoisotopic (exact) mass is 402 g/mol. The number of aromatic nitrogens is 4. The van der Waals surface area contributed by atoms with Crippen LogP contribution in [0.25, 0.3) is 16.9 Å². The van der Waals surface area contributed by atoms with E-state index in [0.29, 0.717) is 24.3 Å². The molecule has 0 bridgehead atoms. The quantitative estimate of drug-likeness (QED) is 0.512. The molecule has 6 heteroatoms. The van der Waals surface area contributed by atoms with Crippen LogP contribution in [0.1, 0.15) is 30.5 Å². The summed E-state index contributed by atoms with van der Waals surface area (Å²) in [6.07, 6.45) is 1.66. The third kappa shape index (κ3) is 3.49. The van der Waals surface area contributed by atoms with E-state index in [1.54, 1.807) is 10.9 Å². The molecule has 0 saturated heterocycles. The zero-order chi connectivity index (χ0) is 21.4. The molecular weight excluding hydrogens is 376 g/mol. The van der Waals surface area contributed by atoms with Crippen LogP contribution in [0.5, 0.6) is 0 Å². The molecule has 0 aliphatic carbocycles. The van der Waals surface area contributed by atoms with Crippen LogP contribution in [0.2, 0.25) is 0 Å². The minimum Gasteiger partial charge on any atom is -0.320 e. The van der Waals surface area contributed by atoms with E-state index in [0.717, 1.165) is 22.4 Å². The minimum atomic E-state index is -0.351. The Kier molecular flexibility index (Phi) is 5.16. The first-order valence-electron chi connectivity index (χ1n) is 10.2. The van der Waals surface area contributed by atoms with Gasteiger partial charge in [0.1, 0.15) is 0 Å². The first-order chi connectivity index (χ1) is 14.4. The second-order valence-corrected chi connectivity index (χ2v) is 8.25. The molecule has 2 aromatic heterocycles. The van der Waals surface area contributed by atoms with Gasteiger partial charge in [-0.1, -0.05) is 61.9 Å². The van der Waals surface area contributed by atoms with Gasteiger partial charge in [-0.2, -0.15) is 0 Å². The van der Waals surface area contributed by atoms with Crippen molar-refractivity contribution in [1.82, 2.24) is 18.7 Å². The molecule has 0 saturated carbocycles. The molecule has 2 aromatic carbocycles. The van der Waals surface area contributed by atoms with Crippen LogP contribution < -0.4 is 11.2 Å². The van der Waals surface area contributed by atoms with Crippen molar-refractivity contribution >= 4 is 11.2 Å². The molecule has 154 valence electrons. The average molecular weight is 402 g/mol. The number of para-hydroxylation sites is 1. The van der Waals surface area contributed by atoms with Gasteiger partial charge in [-0.25, -0.2) is 14.3 Å². The van der Waals surface area contributed by atoms with Crippen LogP contribution in [0.4, 0.5) is 0 Å². The largest absolute Gasteiger partial charge is 0.337 e. The molecule has 0 amide bonds. The van der Waals surface area contributed by atoms with Gasteiger partial charge in [-0.15, -0.1) is 0 Å². The summed E-state index contributed by atoms with van der Waals surface area (Å²) in [5, 5.41) is 0. The number of nitrogens with zero attached hydrogens (tertiary/aromatic N) is 4. The molecule has 0 aliphatic heterocycles. The third-order valence-corrected chi connectivity index (χ3v) is 5.24. The second-order valence-electron chi connectivity index (χ2n) is 8.25. The molecule has 0 spiro atoms. The van der Waals surface area contributed by atoms with Gasteiger partial charge in [0, 0.05) is 13.1 Å². The second kappa shape index (κ2) is 7.78. The van der Waals surface area contributed by atoms with E-state index < -0.39 is 0 Å². The van der Waals surface area contributed by atoms with Crippen molar-refractivity contribution < 1.29 is 0 Å². The molecule has 6 nitrogen and oxygen atoms in total. The molecule has 0 N–H and O–H groups in total. The summed E-state index contributed by atoms with van der Waals surface area (Å²) in [5.74, 6) is 0.159. The lowest BCUT2D eigenvalue weighted by molar-refractivity contribution is 0.488. The highest BCUT2D eigenvalue weighted by molar-refractivity contribution is 5.73. The maximum absolute atomic E-state index is 13.4. The van der Waals surface area contributed by atoms with Crippen molar-refractivity contribution in [1.29, 1.82) is 0 Å². The summed E-state index contributed by atoms with van der Waals surface area (Å²) in [6, 6.07) is 15.8. The van der Waals surface area contributed by atoms with Gasteiger partial charge in [-0.05, 0) is 37.0 Å². The summed E-state index contributed by atoms with van der Waals surface area (Å²) in [7, 11) is 0. The molecule has 4 rings (SSSR count). The SMILES string of the molecule is Cc1cccc(Cn2cnc3c2c(=O)n(CC(C)C)c(=O)n3-c2ccccc2C)c1. The summed E-state index contributed by atoms with van der Waals surface area (Å²) in [5.41, 5.74) is 4.13. The number of benzene rings is 2. The van der Waals surface area contributed by atoms with Crippen molar-refractivity contribution in [2.75, 3.05) is 0 Å². The van der Waals surface area contributed by atoms with Crippen molar-refractivity contribution in [3.05, 3.63) is 92.4 Å². The highest BCUT2D eigenvalue weighted by atomic mass is 16.2. The fourth-order valence-electron chi connectivity index (χ4n) is 3.86. The third-order valence-electron chi connectivity index (χ3n) is 5.24. The van der Waals surface area contributed by atoms with E-state index in [1.807, 2.05) is 74.7 Å². The predicted octanol–water partition coefficient (Wildman–Crippen LogP) is 3.67. The van der Waals surface area contributed by atoms with Gasteiger partial charge in [0.2, 0.25) is 0 Å². The Balaban J connectivity index is 2.02. The number of rotatable bonds is 5. The molecule has 0 aliphatic rings. The van der Waals surface area contributed by atoms with E-state index in [4.69, 9.17) is 0 Å². The lowest BCUT2D eigenvalue weighted by Gasteiger charge is -2.15. The van der Waals surface area contributed by atoms with E-state index in [-0.39, 0.29) is 17.2 Å². The van der Waals surface area contributed by atoms with Crippen LogP contribution in [0.15, 0.2) is 64.4 Å². The highest BCUT2D eigenvalue weighted by Crippen LogP contribution is 2.18. The Labute approximate surface area is 175 Å². The van der Waals surface area contributed by atoms with E-state index in [9.17, 15) is 9.59 Å². The van der Waals surface area contributed by atoms with E-state index >= 15 is 0 Å². The fourth-order valence-corrected chi connectivity index (χ4v) is 3.86. The topological polar surface area (TPSA) is 61.8 Å². The molecule has 0 atom stereocenters. The first kappa shape index (κ1) is 19.9. The molecule has 0 radical (unpaired) electrons. The van der Waals surface area contributed by atoms with Crippen LogP contribution in [0, 0.1) is 19.8 Å². The number of imidazole rings is 1. The van der Waals surface area contributed by atoms with Gasteiger partial charge >= 0.3 is 5.69 Å². The Hall–Kier alpha value is -3.41. The summed E-state index contributed by atoms with van der Waals surface area (Å²) >= 11 is 0. The highest BCUT2D eigenvalue weighted by Gasteiger charge is 2.20. The van der Waals surface area contributed by atoms with Gasteiger partial charge < -0.3 is 4.57 Å². The maximum Gasteiger partial charge on any atom is 0.337 e. The van der Waals surface area contributed by atoms with E-state index in [1.165, 1.54) is 4.57 Å². The lowest BCUT2D eigenvalue weighted by Crippen LogP contribution is -2.41. The van der Waals surface area contributed by atoms with Crippen LogP contribution in [0.3, 0.4) is 0 Å². The van der Waals surface area contributed by atoms with Crippen LogP contribution in [-0.4, -0.2) is 18.7 Å². The molecule has 0 unspecified atom stereocenters. The van der Waals surface area contributed by atoms with Gasteiger partial charge in [-0.3, -0.25) is 9.36 Å². The molecule has 30 heavy (non-hydrogen) atoms. The van der Waals surface area contributed by atoms with Crippen molar-refractivity contribution in [3.8, 4) is 5.69 Å². The standard InChI is InChI=1S/C24H26N4O2/c1-16(2)13-27-23(29)21-22(28(24(27)30)20-11-6-5-9-18(20)4)25-15-26(21)14-19-10-7-8-17(3)12-19/h5-12,15-16H,13-14H2,1-4H3. The number of fused-ring (bicyclic) bond motifs is 1. The number of hydrogen-bond donors (Lipinski definition) is 0. The molecule has 2 heterocycles. The van der Waals surface area contributed by atoms with Gasteiger partial charge in [0.25, 0.3) is 5.56 Å². The lowest BCUT2D eigenvalue weighted by atomic mass is 10.1. The molecular formula is C24H26N4O2. The molecule has 0 fully saturated rings. The Bertz CT molecular complexity index is 1340. The maximum atomic E-state index is 13.4. The number of hydrogen-bond acceptors (Lipinski definition) is 3. The zero-order valence-electron chi connectivity index (χ0n) is 17.8. The summed E-state index contributed by atoms with van der Waals surface area (Å²) in [6.45, 7) is 8.86. The van der Waals surface area contributed by atoms with Crippen LogP contribution >= 0.6 is 0 Å². The van der Waals surface area contributed by atoms with Gasteiger partial charge in [0.05, 0.1) is 12.0 Å². The zero-order valence-corrected chi connectivity index (χ0v) is 17.8. The molecule has 4 aromatic rings. The first-order valence-corrected chi connectivity index (χ1v) is 10.2.